The summed E-state index contributed by atoms with van der Waals surface area (Å²) in [6, 6.07) is 10.9. The Morgan fingerprint density at radius 3 is 2.64 bits per heavy atom. The lowest BCUT2D eigenvalue weighted by Crippen LogP contribution is -2.41. The van der Waals surface area contributed by atoms with Crippen LogP contribution in [0.2, 0.25) is 0 Å². The Bertz CT molecular complexity index is 1190. The van der Waals surface area contributed by atoms with Crippen molar-refractivity contribution in [3.63, 3.8) is 0 Å². The van der Waals surface area contributed by atoms with E-state index in [0.29, 0.717) is 29.8 Å². The number of aryl methyl sites for hydroxylation is 2. The van der Waals surface area contributed by atoms with Crippen LogP contribution >= 0.6 is 0 Å². The van der Waals surface area contributed by atoms with Crippen LogP contribution in [0, 0.1) is 12.8 Å². The van der Waals surface area contributed by atoms with Crippen LogP contribution in [-0.4, -0.2) is 43.7 Å². The third-order valence-electron chi connectivity index (χ3n) is 6.25. The van der Waals surface area contributed by atoms with E-state index in [-0.39, 0.29) is 35.7 Å². The smallest absolute Gasteiger partial charge is 0.265 e. The fourth-order valence-corrected chi connectivity index (χ4v) is 5.92. The summed E-state index contributed by atoms with van der Waals surface area (Å²) in [4.78, 5) is 24.7. The quantitative estimate of drug-likeness (QED) is 0.696. The highest BCUT2D eigenvalue weighted by Gasteiger charge is 2.34. The fraction of sp³-hybridized carbons (Fsp3) is 0.417. The largest absolute Gasteiger partial charge is 0.479 e. The van der Waals surface area contributed by atoms with Crippen molar-refractivity contribution in [2.45, 2.75) is 51.0 Å². The molecule has 4 rings (SSSR count). The molecule has 2 aliphatic rings. The maximum Gasteiger partial charge on any atom is 0.265 e. The zero-order chi connectivity index (χ0) is 23.8. The van der Waals surface area contributed by atoms with Gasteiger partial charge in [-0.05, 0) is 62.4 Å². The van der Waals surface area contributed by atoms with E-state index in [4.69, 9.17) is 4.74 Å². The van der Waals surface area contributed by atoms with E-state index in [1.54, 1.807) is 19.9 Å². The molecule has 1 atom stereocenters. The summed E-state index contributed by atoms with van der Waals surface area (Å²) >= 11 is 0. The van der Waals surface area contributed by atoms with E-state index in [9.17, 15) is 18.0 Å². The summed E-state index contributed by atoms with van der Waals surface area (Å²) in [5, 5.41) is 5.70. The number of rotatable bonds is 5. The number of anilines is 2. The van der Waals surface area contributed by atoms with Gasteiger partial charge in [0.2, 0.25) is 15.9 Å². The second-order valence-electron chi connectivity index (χ2n) is 8.58. The molecule has 2 aromatic rings. The molecule has 1 fully saturated rings. The number of amides is 2. The van der Waals surface area contributed by atoms with Gasteiger partial charge in [0.25, 0.3) is 5.91 Å². The average Bonchev–Trinajstić information content (AvgIpc) is 2.80. The number of hydrogen-bond acceptors (Lipinski definition) is 5. The molecule has 8 nitrogen and oxygen atoms in total. The SMILES string of the molecule is CCc1cccc(NC(=O)C2CCN(S(=O)(=O)c3cc4c(cc3C)NC(=O)[C@H](C)O4)CC2)c1. The van der Waals surface area contributed by atoms with Crippen LogP contribution in [-0.2, 0) is 26.0 Å². The molecule has 2 heterocycles. The van der Waals surface area contributed by atoms with Gasteiger partial charge in [-0.2, -0.15) is 4.31 Å². The van der Waals surface area contributed by atoms with E-state index < -0.39 is 16.1 Å². The molecule has 0 bridgehead atoms. The van der Waals surface area contributed by atoms with E-state index in [1.165, 1.54) is 10.4 Å². The number of hydrogen-bond donors (Lipinski definition) is 2. The number of carbonyl (C=O) groups is 2. The molecule has 2 aliphatic heterocycles. The summed E-state index contributed by atoms with van der Waals surface area (Å²) in [6.07, 6.45) is 1.10. The Hall–Kier alpha value is -2.91. The van der Waals surface area contributed by atoms with Gasteiger partial charge in [0.1, 0.15) is 5.75 Å². The van der Waals surface area contributed by atoms with E-state index >= 15 is 0 Å². The van der Waals surface area contributed by atoms with Gasteiger partial charge in [0.05, 0.1) is 10.6 Å². The molecule has 1 saturated heterocycles. The van der Waals surface area contributed by atoms with Crippen molar-refractivity contribution >= 4 is 33.2 Å². The number of piperidine rings is 1. The molecular weight excluding hydrogens is 442 g/mol. The zero-order valence-corrected chi connectivity index (χ0v) is 19.9. The Balaban J connectivity index is 1.44. The van der Waals surface area contributed by atoms with E-state index in [0.717, 1.165) is 17.7 Å². The van der Waals surface area contributed by atoms with Crippen LogP contribution in [0.1, 0.15) is 37.8 Å². The Morgan fingerprint density at radius 2 is 1.94 bits per heavy atom. The second-order valence-corrected chi connectivity index (χ2v) is 10.5. The van der Waals surface area contributed by atoms with Crippen molar-refractivity contribution in [1.82, 2.24) is 4.31 Å². The summed E-state index contributed by atoms with van der Waals surface area (Å²) in [5.74, 6) is -0.247. The second kappa shape index (κ2) is 9.15. The molecule has 0 aliphatic carbocycles. The van der Waals surface area contributed by atoms with Crippen LogP contribution in [0.5, 0.6) is 5.75 Å². The summed E-state index contributed by atoms with van der Waals surface area (Å²) < 4.78 is 33.7. The third kappa shape index (κ3) is 4.74. The van der Waals surface area contributed by atoms with Gasteiger partial charge < -0.3 is 15.4 Å². The minimum Gasteiger partial charge on any atom is -0.479 e. The zero-order valence-electron chi connectivity index (χ0n) is 19.1. The van der Waals surface area contributed by atoms with Gasteiger partial charge in [-0.1, -0.05) is 19.1 Å². The van der Waals surface area contributed by atoms with Crippen molar-refractivity contribution in [2.75, 3.05) is 23.7 Å². The van der Waals surface area contributed by atoms with Crippen molar-refractivity contribution in [2.24, 2.45) is 5.92 Å². The van der Waals surface area contributed by atoms with Crippen molar-refractivity contribution in [1.29, 1.82) is 0 Å². The van der Waals surface area contributed by atoms with Gasteiger partial charge in [-0.15, -0.1) is 0 Å². The highest BCUT2D eigenvalue weighted by molar-refractivity contribution is 7.89. The van der Waals surface area contributed by atoms with Crippen molar-refractivity contribution in [3.05, 3.63) is 47.5 Å². The van der Waals surface area contributed by atoms with Crippen LogP contribution in [0.3, 0.4) is 0 Å². The Labute approximate surface area is 194 Å². The first-order valence-electron chi connectivity index (χ1n) is 11.2. The predicted octanol–water partition coefficient (Wildman–Crippen LogP) is 3.32. The van der Waals surface area contributed by atoms with Gasteiger partial charge >= 0.3 is 0 Å². The molecule has 176 valence electrons. The van der Waals surface area contributed by atoms with Gasteiger partial charge in [-0.3, -0.25) is 9.59 Å². The lowest BCUT2D eigenvalue weighted by atomic mass is 9.97. The molecule has 33 heavy (non-hydrogen) atoms. The van der Waals surface area contributed by atoms with Gasteiger partial charge in [0.15, 0.2) is 6.10 Å². The number of benzene rings is 2. The molecule has 0 spiro atoms. The average molecular weight is 472 g/mol. The first kappa shape index (κ1) is 23.3. The van der Waals surface area contributed by atoms with Crippen LogP contribution in [0.4, 0.5) is 11.4 Å². The fourth-order valence-electron chi connectivity index (χ4n) is 4.23. The predicted molar refractivity (Wildman–Crippen MR) is 126 cm³/mol. The highest BCUT2D eigenvalue weighted by Crippen LogP contribution is 2.36. The number of nitrogens with one attached hydrogen (secondary N) is 2. The minimum atomic E-state index is -3.77. The number of ether oxygens (including phenoxy) is 1. The first-order valence-corrected chi connectivity index (χ1v) is 12.6. The van der Waals surface area contributed by atoms with E-state index in [2.05, 4.69) is 17.6 Å². The number of fused-ring (bicyclic) bond motifs is 1. The molecule has 0 saturated carbocycles. The minimum absolute atomic E-state index is 0.0802. The Kier molecular flexibility index (Phi) is 6.45. The van der Waals surface area contributed by atoms with Crippen molar-refractivity contribution in [3.8, 4) is 5.75 Å². The molecular formula is C24H29N3O5S. The number of sulfonamides is 1. The topological polar surface area (TPSA) is 105 Å². The molecule has 0 unspecified atom stereocenters. The van der Waals surface area contributed by atoms with Gasteiger partial charge in [-0.25, -0.2) is 8.42 Å². The summed E-state index contributed by atoms with van der Waals surface area (Å²) in [7, 11) is -3.77. The normalized spacial score (nSPS) is 19.4. The maximum atomic E-state index is 13.4. The summed E-state index contributed by atoms with van der Waals surface area (Å²) in [6.45, 7) is 5.90. The molecule has 2 amide bonds. The Morgan fingerprint density at radius 1 is 1.21 bits per heavy atom. The first-order chi connectivity index (χ1) is 15.7. The van der Waals surface area contributed by atoms with Crippen LogP contribution in [0.15, 0.2) is 41.3 Å². The molecule has 9 heteroatoms. The molecule has 0 aromatic heterocycles. The lowest BCUT2D eigenvalue weighted by Gasteiger charge is -2.31. The lowest BCUT2D eigenvalue weighted by molar-refractivity contribution is -0.123. The summed E-state index contributed by atoms with van der Waals surface area (Å²) in [5.41, 5.74) is 2.91. The molecule has 0 radical (unpaired) electrons. The van der Waals surface area contributed by atoms with Gasteiger partial charge in [0, 0.05) is 30.8 Å². The maximum absolute atomic E-state index is 13.4. The molecule has 2 aromatic carbocycles. The van der Waals surface area contributed by atoms with Crippen LogP contribution in [0.25, 0.3) is 0 Å². The van der Waals surface area contributed by atoms with E-state index in [1.807, 2.05) is 24.3 Å². The number of nitrogens with zero attached hydrogens (tertiary/aromatic N) is 1. The van der Waals surface area contributed by atoms with Crippen molar-refractivity contribution < 1.29 is 22.7 Å². The molecule has 2 N–H and O–H groups in total. The standard InChI is InChI=1S/C24H29N3O5S/c1-4-17-6-5-7-19(13-17)25-24(29)18-8-10-27(11-9-18)33(30,31)22-14-21-20(12-15(22)2)26-23(28)16(3)32-21/h5-7,12-14,16,18H,4,8-11H2,1-3H3,(H,25,29)(H,26,28)/t16-/m0/s1. The number of carbonyl (C=O) groups excluding carboxylic acids is 2. The monoisotopic (exact) mass is 471 g/mol. The highest BCUT2D eigenvalue weighted by atomic mass is 32.2. The van der Waals surface area contributed by atoms with Crippen LogP contribution < -0.4 is 15.4 Å². The third-order valence-corrected chi connectivity index (χ3v) is 8.29.